The summed E-state index contributed by atoms with van der Waals surface area (Å²) in [5.74, 6) is 0. The maximum Gasteiger partial charge on any atom is 0.144 e. The second-order valence-electron chi connectivity index (χ2n) is 2.80. The van der Waals surface area contributed by atoms with Crippen molar-refractivity contribution in [3.63, 3.8) is 0 Å². The molecule has 0 spiro atoms. The van der Waals surface area contributed by atoms with Crippen molar-refractivity contribution in [1.82, 2.24) is 0 Å². The van der Waals surface area contributed by atoms with Crippen LogP contribution in [0.25, 0.3) is 0 Å². The summed E-state index contributed by atoms with van der Waals surface area (Å²) in [5, 5.41) is 0. The monoisotopic (exact) mass is 165 g/mol. The van der Waals surface area contributed by atoms with Gasteiger partial charge in [-0.1, -0.05) is 0 Å². The highest BCUT2D eigenvalue weighted by Gasteiger charge is 2.17. The van der Waals surface area contributed by atoms with E-state index in [0.717, 1.165) is 6.21 Å². The summed E-state index contributed by atoms with van der Waals surface area (Å²) in [6.45, 7) is 4.72. The van der Waals surface area contributed by atoms with Crippen LogP contribution in [0.4, 0.5) is 4.39 Å². The molecule has 0 aliphatic carbocycles. The quantitative estimate of drug-likeness (QED) is 0.570. The van der Waals surface area contributed by atoms with Gasteiger partial charge in [0.25, 0.3) is 0 Å². The Morgan fingerprint density at radius 3 is 2.40 bits per heavy atom. The molecule has 0 unspecified atom stereocenters. The van der Waals surface area contributed by atoms with E-state index in [2.05, 4.69) is 4.40 Å². The molecule has 60 valence electrons. The maximum atomic E-state index is 11.5. The fraction of sp³-hybridized carbons (Fsp3) is 0.833. The molecule has 0 aromatic carbocycles. The normalized spacial score (nSPS) is 16.0. The number of alkyl halides is 1. The third-order valence-electron chi connectivity index (χ3n) is 0.763. The van der Waals surface area contributed by atoms with Crippen LogP contribution in [0.1, 0.15) is 20.8 Å². The van der Waals surface area contributed by atoms with E-state index in [9.17, 15) is 8.60 Å². The van der Waals surface area contributed by atoms with Crippen LogP contribution in [0.3, 0.4) is 0 Å². The number of hydrogen-bond acceptors (Lipinski definition) is 1. The van der Waals surface area contributed by atoms with E-state index in [1.165, 1.54) is 0 Å². The van der Waals surface area contributed by atoms with Crippen molar-refractivity contribution in [2.24, 2.45) is 4.40 Å². The molecule has 0 heterocycles. The van der Waals surface area contributed by atoms with Crippen LogP contribution in [-0.2, 0) is 11.0 Å². The highest BCUT2D eigenvalue weighted by molar-refractivity contribution is 7.85. The van der Waals surface area contributed by atoms with Gasteiger partial charge >= 0.3 is 0 Å². The van der Waals surface area contributed by atoms with Crippen LogP contribution >= 0.6 is 0 Å². The molecule has 0 radical (unpaired) electrons. The average molecular weight is 165 g/mol. The lowest BCUT2D eigenvalue weighted by atomic mass is 10.3. The summed E-state index contributed by atoms with van der Waals surface area (Å²) in [5.41, 5.74) is 0. The molecule has 0 aromatic heterocycles. The van der Waals surface area contributed by atoms with Crippen molar-refractivity contribution in [3.8, 4) is 0 Å². The topological polar surface area (TPSA) is 29.4 Å². The summed E-state index contributed by atoms with van der Waals surface area (Å²) in [6.07, 6.45) is 1.03. The zero-order valence-electron chi connectivity index (χ0n) is 6.43. The first-order valence-electron chi connectivity index (χ1n) is 2.99. The van der Waals surface area contributed by atoms with Crippen molar-refractivity contribution in [3.05, 3.63) is 0 Å². The minimum Gasteiger partial charge on any atom is -0.245 e. The van der Waals surface area contributed by atoms with Crippen LogP contribution < -0.4 is 0 Å². The van der Waals surface area contributed by atoms with Crippen molar-refractivity contribution >= 4 is 17.2 Å². The second-order valence-corrected chi connectivity index (χ2v) is 4.74. The third kappa shape index (κ3) is 3.71. The lowest BCUT2D eigenvalue weighted by molar-refractivity contribution is 0.587. The molecule has 0 fully saturated rings. The van der Waals surface area contributed by atoms with Gasteiger partial charge in [0.05, 0.1) is 4.75 Å². The first-order valence-corrected chi connectivity index (χ1v) is 4.09. The van der Waals surface area contributed by atoms with Crippen molar-refractivity contribution in [2.45, 2.75) is 25.5 Å². The zero-order chi connectivity index (χ0) is 8.20. The van der Waals surface area contributed by atoms with Gasteiger partial charge in [-0.05, 0) is 20.8 Å². The van der Waals surface area contributed by atoms with Gasteiger partial charge in [0.1, 0.15) is 17.7 Å². The van der Waals surface area contributed by atoms with Crippen LogP contribution in [0, 0.1) is 0 Å². The molecule has 0 rings (SSSR count). The van der Waals surface area contributed by atoms with Crippen molar-refractivity contribution in [1.29, 1.82) is 0 Å². The van der Waals surface area contributed by atoms with Crippen LogP contribution in [0.2, 0.25) is 0 Å². The van der Waals surface area contributed by atoms with E-state index in [0.29, 0.717) is 0 Å². The fourth-order valence-corrected chi connectivity index (χ4v) is 0.762. The Hall–Kier alpha value is -0.250. The number of rotatable bonds is 2. The molecular weight excluding hydrogens is 153 g/mol. The average Bonchev–Trinajstić information content (AvgIpc) is 1.80. The van der Waals surface area contributed by atoms with Crippen molar-refractivity contribution in [2.75, 3.05) is 6.67 Å². The Kier molecular flexibility index (Phi) is 3.71. The van der Waals surface area contributed by atoms with E-state index in [4.69, 9.17) is 0 Å². The van der Waals surface area contributed by atoms with Gasteiger partial charge < -0.3 is 0 Å². The van der Waals surface area contributed by atoms with Gasteiger partial charge in [-0.3, -0.25) is 0 Å². The van der Waals surface area contributed by atoms with E-state index in [1.54, 1.807) is 20.8 Å². The van der Waals surface area contributed by atoms with Gasteiger partial charge in [0.15, 0.2) is 0 Å². The zero-order valence-corrected chi connectivity index (χ0v) is 7.24. The van der Waals surface area contributed by atoms with E-state index >= 15 is 0 Å². The first kappa shape index (κ1) is 9.75. The number of halogens is 1. The molecule has 0 N–H and O–H groups in total. The standard InChI is InChI=1S/C6H12FNOS/c1-6(2,3)10(9)8-5-4-7/h5H,4H2,1-3H3/b8-5+/t10-/m0/s1. The Bertz CT molecular complexity index is 150. The Labute approximate surface area is 63.1 Å². The molecule has 0 saturated carbocycles. The van der Waals surface area contributed by atoms with E-state index < -0.39 is 17.7 Å². The van der Waals surface area contributed by atoms with Gasteiger partial charge in [0, 0.05) is 6.21 Å². The third-order valence-corrected chi connectivity index (χ3v) is 2.15. The minimum atomic E-state index is -1.31. The molecule has 0 aliphatic heterocycles. The van der Waals surface area contributed by atoms with Crippen LogP contribution in [-0.4, -0.2) is 21.8 Å². The van der Waals surface area contributed by atoms with Gasteiger partial charge in [-0.15, -0.1) is 0 Å². The molecule has 0 aliphatic rings. The maximum absolute atomic E-state index is 11.5. The Morgan fingerprint density at radius 2 is 2.10 bits per heavy atom. The minimum absolute atomic E-state index is 0.383. The summed E-state index contributed by atoms with van der Waals surface area (Å²) in [6, 6.07) is 0. The van der Waals surface area contributed by atoms with Gasteiger partial charge in [0.2, 0.25) is 0 Å². The number of hydrogen-bond donors (Lipinski definition) is 0. The molecular formula is C6H12FNOS. The molecule has 0 amide bonds. The Balaban J connectivity index is 3.98. The highest BCUT2D eigenvalue weighted by Crippen LogP contribution is 2.11. The van der Waals surface area contributed by atoms with Gasteiger partial charge in [-0.2, -0.15) is 4.40 Å². The molecule has 10 heavy (non-hydrogen) atoms. The molecule has 0 bridgehead atoms. The lowest BCUT2D eigenvalue weighted by Crippen LogP contribution is -2.19. The van der Waals surface area contributed by atoms with E-state index in [-0.39, 0.29) is 4.75 Å². The van der Waals surface area contributed by atoms with Crippen LogP contribution in [0.15, 0.2) is 4.40 Å². The van der Waals surface area contributed by atoms with Gasteiger partial charge in [-0.25, -0.2) is 8.60 Å². The van der Waals surface area contributed by atoms with Crippen LogP contribution in [0.5, 0.6) is 0 Å². The molecule has 4 heteroatoms. The summed E-state index contributed by atoms with van der Waals surface area (Å²) in [7, 11) is -1.31. The molecule has 0 aromatic rings. The summed E-state index contributed by atoms with van der Waals surface area (Å²) < 4.78 is 25.5. The molecule has 2 nitrogen and oxygen atoms in total. The highest BCUT2D eigenvalue weighted by atomic mass is 32.2. The lowest BCUT2D eigenvalue weighted by Gasteiger charge is -2.12. The fourth-order valence-electron chi connectivity index (χ4n) is 0.254. The van der Waals surface area contributed by atoms with E-state index in [1.807, 2.05) is 0 Å². The number of nitrogens with zero attached hydrogens (tertiary/aromatic N) is 1. The second kappa shape index (κ2) is 3.81. The van der Waals surface area contributed by atoms with Crippen molar-refractivity contribution < 1.29 is 8.60 Å². The first-order chi connectivity index (χ1) is 4.48. The molecule has 1 atom stereocenters. The smallest absolute Gasteiger partial charge is 0.144 e. The predicted molar refractivity (Wildman–Crippen MR) is 42.4 cm³/mol. The largest absolute Gasteiger partial charge is 0.245 e. The summed E-state index contributed by atoms with van der Waals surface area (Å²) in [4.78, 5) is 0. The molecule has 0 saturated heterocycles. The Morgan fingerprint density at radius 1 is 1.60 bits per heavy atom. The SMILES string of the molecule is CC(C)(C)[S@](=O)/N=C/CF. The summed E-state index contributed by atoms with van der Waals surface area (Å²) >= 11 is 0. The predicted octanol–water partition coefficient (Wildman–Crippen LogP) is 1.49.